The summed E-state index contributed by atoms with van der Waals surface area (Å²) in [6.45, 7) is 11.2. The maximum atomic E-state index is 12.0. The van der Waals surface area contributed by atoms with Crippen LogP contribution in [0, 0.1) is 11.3 Å². The third-order valence-electron chi connectivity index (χ3n) is 5.57. The van der Waals surface area contributed by atoms with E-state index in [2.05, 4.69) is 48.1 Å². The molecule has 1 heterocycles. The van der Waals surface area contributed by atoms with Gasteiger partial charge in [0, 0.05) is 24.8 Å². The molecule has 0 spiro atoms. The number of hydrogen-bond acceptors (Lipinski definition) is 5. The highest BCUT2D eigenvalue weighted by Crippen LogP contribution is 2.40. The normalized spacial score (nSPS) is 22.0. The molecule has 1 aliphatic heterocycles. The zero-order chi connectivity index (χ0) is 20.7. The van der Waals surface area contributed by atoms with Gasteiger partial charge in [-0.2, -0.15) is 0 Å². The van der Waals surface area contributed by atoms with Gasteiger partial charge in [0.25, 0.3) is 0 Å². The lowest BCUT2D eigenvalue weighted by Crippen LogP contribution is -2.53. The van der Waals surface area contributed by atoms with E-state index in [1.807, 2.05) is 19.1 Å². The molecule has 5 N–H and O–H groups in total. The molecule has 1 saturated heterocycles. The van der Waals surface area contributed by atoms with Gasteiger partial charge in [0.2, 0.25) is 5.91 Å². The number of ether oxygens (including phenoxy) is 1. The van der Waals surface area contributed by atoms with Crippen LogP contribution in [-0.2, 0) is 4.79 Å². The second-order valence-corrected chi connectivity index (χ2v) is 8.13. The summed E-state index contributed by atoms with van der Waals surface area (Å²) in [5.74, 6) is 1.42. The average Bonchev–Trinajstić information content (AvgIpc) is 2.67. The molecule has 0 aliphatic carbocycles. The van der Waals surface area contributed by atoms with Crippen LogP contribution >= 0.6 is 0 Å². The van der Waals surface area contributed by atoms with E-state index in [4.69, 9.17) is 16.2 Å². The van der Waals surface area contributed by atoms with Crippen LogP contribution in [0.25, 0.3) is 0 Å². The van der Waals surface area contributed by atoms with Crippen LogP contribution in [0.4, 0.5) is 5.69 Å². The SMILES string of the molecule is CCOc1ccc(N2CC(CNC(=O)CN=C(N)CN)CC(C)(C)C2C)cc1. The Labute approximate surface area is 168 Å². The van der Waals surface area contributed by atoms with E-state index in [0.29, 0.717) is 30.9 Å². The zero-order valence-corrected chi connectivity index (χ0v) is 17.6. The first-order valence-corrected chi connectivity index (χ1v) is 10.0. The van der Waals surface area contributed by atoms with Gasteiger partial charge in [-0.05, 0) is 55.9 Å². The van der Waals surface area contributed by atoms with Crippen LogP contribution in [0.15, 0.2) is 29.3 Å². The predicted molar refractivity (Wildman–Crippen MR) is 115 cm³/mol. The smallest absolute Gasteiger partial charge is 0.241 e. The Morgan fingerprint density at radius 2 is 2.04 bits per heavy atom. The molecule has 0 saturated carbocycles. The highest BCUT2D eigenvalue weighted by atomic mass is 16.5. The third kappa shape index (κ3) is 5.86. The number of nitrogens with one attached hydrogen (secondary N) is 1. The standard InChI is InChI=1S/C21H35N5O2/c1-5-28-18-8-6-17(7-9-18)26-14-16(10-21(3,4)15(26)2)12-25-20(27)13-24-19(23)11-22/h6-9,15-16H,5,10-14,22H2,1-4H3,(H2,23,24)(H,25,27). The van der Waals surface area contributed by atoms with Gasteiger partial charge >= 0.3 is 0 Å². The fraction of sp³-hybridized carbons (Fsp3) is 0.619. The van der Waals surface area contributed by atoms with Crippen molar-refractivity contribution >= 4 is 17.4 Å². The summed E-state index contributed by atoms with van der Waals surface area (Å²) in [5, 5.41) is 2.99. The Morgan fingerprint density at radius 3 is 2.64 bits per heavy atom. The Kier molecular flexibility index (Phi) is 7.69. The van der Waals surface area contributed by atoms with Crippen molar-refractivity contribution < 1.29 is 9.53 Å². The maximum Gasteiger partial charge on any atom is 0.241 e. The molecule has 1 aliphatic rings. The van der Waals surface area contributed by atoms with Crippen LogP contribution in [0.3, 0.4) is 0 Å². The van der Waals surface area contributed by atoms with Gasteiger partial charge in [0.15, 0.2) is 0 Å². The van der Waals surface area contributed by atoms with E-state index >= 15 is 0 Å². The van der Waals surface area contributed by atoms with Crippen LogP contribution in [0.5, 0.6) is 5.75 Å². The number of nitrogens with two attached hydrogens (primary N) is 2. The van der Waals surface area contributed by atoms with Gasteiger partial charge in [-0.15, -0.1) is 0 Å². The molecule has 28 heavy (non-hydrogen) atoms. The molecule has 1 fully saturated rings. The second kappa shape index (κ2) is 9.78. The topological polar surface area (TPSA) is 106 Å². The van der Waals surface area contributed by atoms with Crippen molar-refractivity contribution in [1.29, 1.82) is 0 Å². The lowest BCUT2D eigenvalue weighted by Gasteiger charge is -2.49. The highest BCUT2D eigenvalue weighted by molar-refractivity contribution is 5.86. The fourth-order valence-electron chi connectivity index (χ4n) is 3.76. The van der Waals surface area contributed by atoms with Gasteiger partial charge in [-0.25, -0.2) is 0 Å². The summed E-state index contributed by atoms with van der Waals surface area (Å²) >= 11 is 0. The van der Waals surface area contributed by atoms with E-state index in [9.17, 15) is 4.79 Å². The molecule has 0 bridgehead atoms. The maximum absolute atomic E-state index is 12.0. The van der Waals surface area contributed by atoms with E-state index < -0.39 is 0 Å². The number of benzene rings is 1. The van der Waals surface area contributed by atoms with Crippen molar-refractivity contribution in [3.8, 4) is 5.75 Å². The molecular weight excluding hydrogens is 354 g/mol. The van der Waals surface area contributed by atoms with Gasteiger partial charge in [-0.3, -0.25) is 9.79 Å². The van der Waals surface area contributed by atoms with E-state index in [1.54, 1.807) is 0 Å². The lowest BCUT2D eigenvalue weighted by molar-refractivity contribution is -0.119. The van der Waals surface area contributed by atoms with Crippen LogP contribution in [-0.4, -0.2) is 50.6 Å². The molecular formula is C21H35N5O2. The van der Waals surface area contributed by atoms with Crippen molar-refractivity contribution in [2.24, 2.45) is 27.8 Å². The molecule has 1 aromatic carbocycles. The summed E-state index contributed by atoms with van der Waals surface area (Å²) in [6, 6.07) is 8.66. The number of rotatable bonds is 8. The minimum atomic E-state index is -0.125. The van der Waals surface area contributed by atoms with Gasteiger partial charge < -0.3 is 26.4 Å². The predicted octanol–water partition coefficient (Wildman–Crippen LogP) is 1.76. The minimum Gasteiger partial charge on any atom is -0.494 e. The van der Waals surface area contributed by atoms with E-state index in [1.165, 1.54) is 5.69 Å². The van der Waals surface area contributed by atoms with Gasteiger partial charge in [0.1, 0.15) is 18.1 Å². The summed E-state index contributed by atoms with van der Waals surface area (Å²) in [5.41, 5.74) is 12.3. The number of carbonyl (C=O) groups excluding carboxylic acids is 1. The fourth-order valence-corrected chi connectivity index (χ4v) is 3.76. The number of anilines is 1. The summed E-state index contributed by atoms with van der Waals surface area (Å²) in [6.07, 6.45) is 1.05. The van der Waals surface area contributed by atoms with Crippen LogP contribution in [0.2, 0.25) is 0 Å². The van der Waals surface area contributed by atoms with Gasteiger partial charge in [-0.1, -0.05) is 13.8 Å². The van der Waals surface area contributed by atoms with E-state index in [0.717, 1.165) is 18.7 Å². The summed E-state index contributed by atoms with van der Waals surface area (Å²) < 4.78 is 5.56. The molecule has 7 heteroatoms. The number of nitrogens with zero attached hydrogens (tertiary/aromatic N) is 2. The summed E-state index contributed by atoms with van der Waals surface area (Å²) in [7, 11) is 0. The Balaban J connectivity index is 2.02. The number of amides is 1. The zero-order valence-electron chi connectivity index (χ0n) is 17.6. The monoisotopic (exact) mass is 389 g/mol. The molecule has 2 unspecified atom stereocenters. The quantitative estimate of drug-likeness (QED) is 0.464. The Morgan fingerprint density at radius 1 is 1.36 bits per heavy atom. The molecule has 1 aromatic rings. The van der Waals surface area contributed by atoms with E-state index in [-0.39, 0.29) is 24.4 Å². The number of carbonyl (C=O) groups is 1. The molecule has 0 radical (unpaired) electrons. The highest BCUT2D eigenvalue weighted by Gasteiger charge is 2.39. The Hall–Kier alpha value is -2.28. The van der Waals surface area contributed by atoms with Gasteiger partial charge in [0.05, 0.1) is 13.2 Å². The van der Waals surface area contributed by atoms with Crippen LogP contribution in [0.1, 0.15) is 34.1 Å². The molecule has 7 nitrogen and oxygen atoms in total. The van der Waals surface area contributed by atoms with Crippen molar-refractivity contribution in [3.63, 3.8) is 0 Å². The first kappa shape index (κ1) is 22.0. The minimum absolute atomic E-state index is 0.0259. The molecule has 1 amide bonds. The first-order chi connectivity index (χ1) is 13.3. The summed E-state index contributed by atoms with van der Waals surface area (Å²) in [4.78, 5) is 18.4. The second-order valence-electron chi connectivity index (χ2n) is 8.13. The first-order valence-electron chi connectivity index (χ1n) is 10.0. The number of hydrogen-bond donors (Lipinski definition) is 3. The molecule has 2 rings (SSSR count). The molecule has 156 valence electrons. The number of aliphatic imine (C=N–C) groups is 1. The number of amidine groups is 1. The largest absolute Gasteiger partial charge is 0.494 e. The van der Waals surface area contributed by atoms with Crippen molar-refractivity contribution in [2.75, 3.05) is 37.7 Å². The average molecular weight is 390 g/mol. The van der Waals surface area contributed by atoms with Crippen molar-refractivity contribution in [2.45, 2.75) is 40.2 Å². The van der Waals surface area contributed by atoms with Crippen molar-refractivity contribution in [3.05, 3.63) is 24.3 Å². The van der Waals surface area contributed by atoms with Crippen molar-refractivity contribution in [1.82, 2.24) is 5.32 Å². The molecule has 2 atom stereocenters. The lowest BCUT2D eigenvalue weighted by atomic mass is 9.72. The Bertz CT molecular complexity index is 672. The van der Waals surface area contributed by atoms with Crippen LogP contribution < -0.4 is 26.4 Å². The number of piperidine rings is 1. The third-order valence-corrected chi connectivity index (χ3v) is 5.57. The molecule has 0 aromatic heterocycles.